The number of aromatic nitrogens is 2. The van der Waals surface area contributed by atoms with E-state index in [9.17, 15) is 0 Å². The smallest absolute Gasteiger partial charge is 0.107 e. The lowest BCUT2D eigenvalue weighted by atomic mass is 10.1. The molecule has 0 saturated heterocycles. The number of nitrogens with zero attached hydrogens (tertiary/aromatic N) is 1. The number of imidazole rings is 1. The number of aryl methyl sites for hydroxylation is 3. The largest absolute Gasteiger partial charge is 0.346 e. The first-order valence-electron chi connectivity index (χ1n) is 6.44. The number of hydrogen-bond donors (Lipinski definition) is 2. The average molecular weight is 243 g/mol. The fourth-order valence-electron chi connectivity index (χ4n) is 2.00. The molecule has 2 aromatic rings. The van der Waals surface area contributed by atoms with Gasteiger partial charge in [0.05, 0.1) is 5.69 Å². The first kappa shape index (κ1) is 12.8. The maximum atomic E-state index is 5.77. The molecule has 3 N–H and O–H groups in total. The third-order valence-electron chi connectivity index (χ3n) is 3.10. The zero-order chi connectivity index (χ0) is 13.1. The standard InChI is InChI=1S/C15H21N3/c1-10-4-7-13(8-5-10)15-12(3)17-14(18-15)9-6-11(2)16/h4-5,7-8,11H,6,9,16H2,1-3H3,(H,17,18). The molecular weight excluding hydrogens is 222 g/mol. The van der Waals surface area contributed by atoms with Gasteiger partial charge >= 0.3 is 0 Å². The van der Waals surface area contributed by atoms with Gasteiger partial charge in [0, 0.05) is 23.7 Å². The summed E-state index contributed by atoms with van der Waals surface area (Å²) < 4.78 is 0. The van der Waals surface area contributed by atoms with Gasteiger partial charge in [-0.3, -0.25) is 0 Å². The van der Waals surface area contributed by atoms with Crippen molar-refractivity contribution >= 4 is 0 Å². The lowest BCUT2D eigenvalue weighted by molar-refractivity contribution is 0.651. The number of benzene rings is 1. The summed E-state index contributed by atoms with van der Waals surface area (Å²) >= 11 is 0. The van der Waals surface area contributed by atoms with E-state index >= 15 is 0 Å². The summed E-state index contributed by atoms with van der Waals surface area (Å²) in [5.41, 5.74) is 10.4. The van der Waals surface area contributed by atoms with E-state index in [0.717, 1.165) is 30.1 Å². The minimum Gasteiger partial charge on any atom is -0.346 e. The highest BCUT2D eigenvalue weighted by atomic mass is 14.9. The Hall–Kier alpha value is -1.61. The van der Waals surface area contributed by atoms with Crippen LogP contribution in [0, 0.1) is 13.8 Å². The van der Waals surface area contributed by atoms with Gasteiger partial charge in [0.25, 0.3) is 0 Å². The molecule has 0 radical (unpaired) electrons. The molecule has 0 amide bonds. The second-order valence-electron chi connectivity index (χ2n) is 5.04. The van der Waals surface area contributed by atoms with Crippen LogP contribution in [0.25, 0.3) is 11.3 Å². The van der Waals surface area contributed by atoms with Crippen LogP contribution >= 0.6 is 0 Å². The van der Waals surface area contributed by atoms with E-state index in [4.69, 9.17) is 5.73 Å². The Morgan fingerprint density at radius 2 is 1.89 bits per heavy atom. The molecule has 1 atom stereocenters. The molecule has 3 heteroatoms. The van der Waals surface area contributed by atoms with E-state index in [2.05, 4.69) is 48.1 Å². The van der Waals surface area contributed by atoms with Crippen molar-refractivity contribution in [1.82, 2.24) is 9.97 Å². The monoisotopic (exact) mass is 243 g/mol. The molecule has 1 aromatic heterocycles. The summed E-state index contributed by atoms with van der Waals surface area (Å²) in [5, 5.41) is 0. The quantitative estimate of drug-likeness (QED) is 0.867. The van der Waals surface area contributed by atoms with Crippen LogP contribution in [0.15, 0.2) is 24.3 Å². The lowest BCUT2D eigenvalue weighted by Crippen LogP contribution is -2.15. The van der Waals surface area contributed by atoms with E-state index in [1.165, 1.54) is 11.1 Å². The predicted octanol–water partition coefficient (Wildman–Crippen LogP) is 2.97. The Labute approximate surface area is 108 Å². The van der Waals surface area contributed by atoms with Gasteiger partial charge in [-0.25, -0.2) is 4.98 Å². The number of H-pyrrole nitrogens is 1. The molecule has 0 aliphatic rings. The normalized spacial score (nSPS) is 12.7. The van der Waals surface area contributed by atoms with Crippen LogP contribution in [-0.4, -0.2) is 16.0 Å². The minimum atomic E-state index is 0.221. The van der Waals surface area contributed by atoms with Gasteiger partial charge in [0.2, 0.25) is 0 Å². The van der Waals surface area contributed by atoms with Gasteiger partial charge in [-0.2, -0.15) is 0 Å². The van der Waals surface area contributed by atoms with Gasteiger partial charge in [0.1, 0.15) is 5.82 Å². The maximum absolute atomic E-state index is 5.77. The summed E-state index contributed by atoms with van der Waals surface area (Å²) in [6.07, 6.45) is 1.87. The summed E-state index contributed by atoms with van der Waals surface area (Å²) in [6.45, 7) is 6.18. The van der Waals surface area contributed by atoms with E-state index in [0.29, 0.717) is 0 Å². The summed E-state index contributed by atoms with van der Waals surface area (Å²) in [4.78, 5) is 8.02. The molecule has 2 rings (SSSR count). The zero-order valence-electron chi connectivity index (χ0n) is 11.3. The predicted molar refractivity (Wildman–Crippen MR) is 75.5 cm³/mol. The highest BCUT2D eigenvalue weighted by Gasteiger charge is 2.09. The first-order chi connectivity index (χ1) is 8.56. The Kier molecular flexibility index (Phi) is 3.82. The number of hydrogen-bond acceptors (Lipinski definition) is 2. The topological polar surface area (TPSA) is 54.7 Å². The third-order valence-corrected chi connectivity index (χ3v) is 3.10. The number of nitrogens with one attached hydrogen (secondary N) is 1. The number of rotatable bonds is 4. The Morgan fingerprint density at radius 1 is 1.22 bits per heavy atom. The van der Waals surface area contributed by atoms with Crippen LogP contribution < -0.4 is 5.73 Å². The van der Waals surface area contributed by atoms with Crippen molar-refractivity contribution in [3.63, 3.8) is 0 Å². The third kappa shape index (κ3) is 2.99. The minimum absolute atomic E-state index is 0.221. The van der Waals surface area contributed by atoms with E-state index < -0.39 is 0 Å². The second-order valence-corrected chi connectivity index (χ2v) is 5.04. The highest BCUT2D eigenvalue weighted by Crippen LogP contribution is 2.21. The molecule has 0 saturated carbocycles. The van der Waals surface area contributed by atoms with Crippen molar-refractivity contribution in [2.24, 2.45) is 5.73 Å². The van der Waals surface area contributed by atoms with Crippen LogP contribution in [0.3, 0.4) is 0 Å². The van der Waals surface area contributed by atoms with Crippen molar-refractivity contribution in [3.8, 4) is 11.3 Å². The highest BCUT2D eigenvalue weighted by molar-refractivity contribution is 5.62. The number of nitrogens with two attached hydrogens (primary N) is 1. The molecule has 0 fully saturated rings. The Morgan fingerprint density at radius 3 is 2.50 bits per heavy atom. The van der Waals surface area contributed by atoms with E-state index in [1.807, 2.05) is 6.92 Å². The first-order valence-corrected chi connectivity index (χ1v) is 6.44. The molecule has 3 nitrogen and oxygen atoms in total. The van der Waals surface area contributed by atoms with Crippen LogP contribution in [0.2, 0.25) is 0 Å². The zero-order valence-corrected chi connectivity index (χ0v) is 11.3. The van der Waals surface area contributed by atoms with Crippen LogP contribution in [-0.2, 0) is 6.42 Å². The van der Waals surface area contributed by atoms with Crippen LogP contribution in [0.5, 0.6) is 0 Å². The van der Waals surface area contributed by atoms with Crippen molar-refractivity contribution in [1.29, 1.82) is 0 Å². The second kappa shape index (κ2) is 5.36. The molecule has 1 unspecified atom stereocenters. The van der Waals surface area contributed by atoms with Gasteiger partial charge < -0.3 is 10.7 Å². The molecule has 0 spiro atoms. The summed E-state index contributed by atoms with van der Waals surface area (Å²) in [5.74, 6) is 1.03. The van der Waals surface area contributed by atoms with Gasteiger partial charge in [-0.15, -0.1) is 0 Å². The molecule has 0 bridgehead atoms. The maximum Gasteiger partial charge on any atom is 0.107 e. The molecular formula is C15H21N3. The SMILES string of the molecule is Cc1ccc(-c2nc(CCC(C)N)[nH]c2C)cc1. The average Bonchev–Trinajstić information content (AvgIpc) is 2.69. The lowest BCUT2D eigenvalue weighted by Gasteiger charge is -2.01. The summed E-state index contributed by atoms with van der Waals surface area (Å²) in [7, 11) is 0. The van der Waals surface area contributed by atoms with Crippen LogP contribution in [0.4, 0.5) is 0 Å². The fraction of sp³-hybridized carbons (Fsp3) is 0.400. The molecule has 18 heavy (non-hydrogen) atoms. The summed E-state index contributed by atoms with van der Waals surface area (Å²) in [6, 6.07) is 8.69. The molecule has 1 heterocycles. The van der Waals surface area contributed by atoms with Gasteiger partial charge in [-0.1, -0.05) is 29.8 Å². The van der Waals surface area contributed by atoms with E-state index in [1.54, 1.807) is 0 Å². The van der Waals surface area contributed by atoms with Gasteiger partial charge in [0.15, 0.2) is 0 Å². The molecule has 0 aliphatic carbocycles. The van der Waals surface area contributed by atoms with Gasteiger partial charge in [-0.05, 0) is 27.2 Å². The molecule has 96 valence electrons. The molecule has 0 aliphatic heterocycles. The van der Waals surface area contributed by atoms with Crippen molar-refractivity contribution in [2.45, 2.75) is 39.7 Å². The van der Waals surface area contributed by atoms with Crippen molar-refractivity contribution < 1.29 is 0 Å². The Balaban J connectivity index is 2.21. The van der Waals surface area contributed by atoms with E-state index in [-0.39, 0.29) is 6.04 Å². The molecule has 1 aromatic carbocycles. The Bertz CT molecular complexity index is 509. The van der Waals surface area contributed by atoms with Crippen molar-refractivity contribution in [3.05, 3.63) is 41.3 Å². The fourth-order valence-corrected chi connectivity index (χ4v) is 2.00. The van der Waals surface area contributed by atoms with Crippen LogP contribution in [0.1, 0.15) is 30.4 Å². The number of aromatic amines is 1. The van der Waals surface area contributed by atoms with Crippen molar-refractivity contribution in [2.75, 3.05) is 0 Å².